The van der Waals surface area contributed by atoms with Gasteiger partial charge < -0.3 is 0 Å². The first-order valence-electron chi connectivity index (χ1n) is 4.29. The lowest BCUT2D eigenvalue weighted by molar-refractivity contribution is -0.153. The van der Waals surface area contributed by atoms with Gasteiger partial charge in [0.15, 0.2) is 11.6 Å². The third kappa shape index (κ3) is 3.61. The number of carbonyl (C=O) groups excluding carboxylic acids is 4. The van der Waals surface area contributed by atoms with Gasteiger partial charge in [-0.05, 0) is 12.2 Å². The number of hydrogen-bond acceptors (Lipinski definition) is 6. The molecular weight excluding hydrogens is 299 g/mol. The van der Waals surface area contributed by atoms with Crippen molar-refractivity contribution in [3.63, 3.8) is 0 Å². The van der Waals surface area contributed by atoms with Gasteiger partial charge in [-0.1, -0.05) is 13.2 Å². The van der Waals surface area contributed by atoms with Gasteiger partial charge in [0, 0.05) is 0 Å². The van der Waals surface area contributed by atoms with Gasteiger partial charge in [0.2, 0.25) is 0 Å². The van der Waals surface area contributed by atoms with Gasteiger partial charge in [-0.2, -0.15) is 0 Å². The summed E-state index contributed by atoms with van der Waals surface area (Å²) in [5.41, 5.74) is 0.389. The van der Waals surface area contributed by atoms with Crippen molar-refractivity contribution in [2.45, 2.75) is 0 Å². The third-order valence-electron chi connectivity index (χ3n) is 2.05. The molecule has 108 valence electrons. The summed E-state index contributed by atoms with van der Waals surface area (Å²) in [5.74, 6) is 4.72. The van der Waals surface area contributed by atoms with Gasteiger partial charge in [-0.3, -0.25) is 30.0 Å². The summed E-state index contributed by atoms with van der Waals surface area (Å²) in [6, 6.07) is 0. The maximum Gasteiger partial charge on any atom is 0.265 e. The van der Waals surface area contributed by atoms with E-state index in [1.807, 2.05) is 0 Å². The molecule has 0 unspecified atom stereocenters. The van der Waals surface area contributed by atoms with E-state index in [0.29, 0.717) is 12.2 Å². The van der Waals surface area contributed by atoms with Gasteiger partial charge in [-0.15, -0.1) is 24.8 Å². The molecule has 0 heterocycles. The fraction of sp³-hybridized carbons (Fsp3) is 0.111. The molecule has 0 aliphatic heterocycles. The van der Waals surface area contributed by atoms with E-state index >= 15 is 0 Å². The minimum Gasteiger partial charge on any atom is -0.293 e. The number of hydrogen-bond donors (Lipinski definition) is 4. The summed E-state index contributed by atoms with van der Waals surface area (Å²) in [4.78, 5) is 46.3. The van der Waals surface area contributed by atoms with Crippen LogP contribution in [0.15, 0.2) is 25.3 Å². The molecule has 0 aliphatic rings. The normalized spacial score (nSPS) is 8.95. The Morgan fingerprint density at radius 2 is 1.11 bits per heavy atom. The van der Waals surface area contributed by atoms with Gasteiger partial charge in [-0.25, -0.2) is 11.7 Å². The molecule has 8 nitrogen and oxygen atoms in total. The molecular formula is C9H14Cl2N4O4. The van der Waals surface area contributed by atoms with Crippen molar-refractivity contribution in [3.8, 4) is 0 Å². The average Bonchev–Trinajstić information content (AvgIpc) is 2.37. The topological polar surface area (TPSA) is 144 Å². The molecule has 10 heteroatoms. The van der Waals surface area contributed by atoms with Crippen LogP contribution in [0.25, 0.3) is 0 Å². The molecule has 0 atom stereocenters. The van der Waals surface area contributed by atoms with Gasteiger partial charge in [0.1, 0.15) is 0 Å². The standard InChI is InChI=1S/C9H12N4O4.2ClH/c1-3-5(14)9(6(15)4-2,7(16)12-10)8(17)13-11;;/h3-4H,1-2,10-11H2,(H,12,16)(H,13,17);2*1H. The largest absolute Gasteiger partial charge is 0.293 e. The minimum atomic E-state index is -2.73. The number of ketones is 2. The molecule has 0 rings (SSSR count). The second kappa shape index (κ2) is 9.22. The number of halogens is 2. The van der Waals surface area contributed by atoms with E-state index in [1.54, 1.807) is 10.9 Å². The number of amides is 2. The summed E-state index contributed by atoms with van der Waals surface area (Å²) in [7, 11) is 0. The Hall–Kier alpha value is -1.74. The number of nitrogens with two attached hydrogens (primary N) is 2. The van der Waals surface area contributed by atoms with Crippen LogP contribution < -0.4 is 22.5 Å². The molecule has 0 spiro atoms. The molecule has 2 amide bonds. The molecule has 0 saturated heterocycles. The van der Waals surface area contributed by atoms with Crippen LogP contribution in [0.3, 0.4) is 0 Å². The fourth-order valence-electron chi connectivity index (χ4n) is 1.19. The van der Waals surface area contributed by atoms with E-state index in [0.717, 1.165) is 0 Å². The maximum atomic E-state index is 11.6. The highest BCUT2D eigenvalue weighted by molar-refractivity contribution is 6.41. The highest BCUT2D eigenvalue weighted by Gasteiger charge is 2.56. The molecule has 19 heavy (non-hydrogen) atoms. The quantitative estimate of drug-likeness (QED) is 0.151. The molecule has 0 bridgehead atoms. The number of rotatable bonds is 6. The molecule has 0 fully saturated rings. The summed E-state index contributed by atoms with van der Waals surface area (Å²) < 4.78 is 0. The summed E-state index contributed by atoms with van der Waals surface area (Å²) in [5, 5.41) is 0. The van der Waals surface area contributed by atoms with Gasteiger partial charge in [0.25, 0.3) is 17.2 Å². The zero-order valence-electron chi connectivity index (χ0n) is 9.67. The zero-order chi connectivity index (χ0) is 13.6. The molecule has 0 aromatic rings. The Kier molecular flexibility index (Phi) is 10.9. The lowest BCUT2D eigenvalue weighted by atomic mass is 9.77. The van der Waals surface area contributed by atoms with E-state index in [2.05, 4.69) is 13.2 Å². The Balaban J connectivity index is -0.00000128. The van der Waals surface area contributed by atoms with Gasteiger partial charge >= 0.3 is 0 Å². The van der Waals surface area contributed by atoms with Crippen molar-refractivity contribution in [2.75, 3.05) is 0 Å². The van der Waals surface area contributed by atoms with Crippen LogP contribution in [-0.2, 0) is 19.2 Å². The van der Waals surface area contributed by atoms with Gasteiger partial charge in [0.05, 0.1) is 0 Å². The predicted molar refractivity (Wildman–Crippen MR) is 72.0 cm³/mol. The Labute approximate surface area is 121 Å². The lowest BCUT2D eigenvalue weighted by Gasteiger charge is -2.24. The Morgan fingerprint density at radius 1 is 0.842 bits per heavy atom. The van der Waals surface area contributed by atoms with Crippen LogP contribution in [0.4, 0.5) is 0 Å². The van der Waals surface area contributed by atoms with E-state index in [-0.39, 0.29) is 24.8 Å². The first-order valence-corrected chi connectivity index (χ1v) is 4.29. The first-order chi connectivity index (χ1) is 7.93. The van der Waals surface area contributed by atoms with E-state index in [1.165, 1.54) is 0 Å². The van der Waals surface area contributed by atoms with Crippen molar-refractivity contribution in [1.29, 1.82) is 0 Å². The maximum absolute atomic E-state index is 11.6. The Bertz CT molecular complexity index is 373. The van der Waals surface area contributed by atoms with Crippen molar-refractivity contribution in [3.05, 3.63) is 25.3 Å². The average molecular weight is 313 g/mol. The van der Waals surface area contributed by atoms with Crippen LogP contribution in [0, 0.1) is 5.41 Å². The number of allylic oxidation sites excluding steroid dienone is 2. The van der Waals surface area contributed by atoms with Crippen molar-refractivity contribution < 1.29 is 19.2 Å². The molecule has 0 radical (unpaired) electrons. The lowest BCUT2D eigenvalue weighted by Crippen LogP contribution is -2.62. The second-order valence-electron chi connectivity index (χ2n) is 2.83. The van der Waals surface area contributed by atoms with Crippen LogP contribution >= 0.6 is 24.8 Å². The van der Waals surface area contributed by atoms with Crippen LogP contribution in [0.2, 0.25) is 0 Å². The first kappa shape index (κ1) is 22.4. The third-order valence-corrected chi connectivity index (χ3v) is 2.05. The second-order valence-corrected chi connectivity index (χ2v) is 2.83. The highest BCUT2D eigenvalue weighted by Crippen LogP contribution is 2.22. The zero-order valence-corrected chi connectivity index (χ0v) is 11.3. The fourth-order valence-corrected chi connectivity index (χ4v) is 1.19. The summed E-state index contributed by atoms with van der Waals surface area (Å²) >= 11 is 0. The van der Waals surface area contributed by atoms with E-state index < -0.39 is 28.8 Å². The molecule has 0 aliphatic carbocycles. The molecule has 0 aromatic heterocycles. The monoisotopic (exact) mass is 312 g/mol. The SMILES string of the molecule is C=CC(=O)C(C(=O)C=C)(C(=O)NN)C(=O)NN.Cl.Cl. The molecule has 6 N–H and O–H groups in total. The van der Waals surface area contributed by atoms with E-state index in [9.17, 15) is 19.2 Å². The number of hydrazine groups is 2. The summed E-state index contributed by atoms with van der Waals surface area (Å²) in [6.07, 6.45) is 1.29. The summed E-state index contributed by atoms with van der Waals surface area (Å²) in [6.45, 7) is 6.20. The smallest absolute Gasteiger partial charge is 0.265 e. The van der Waals surface area contributed by atoms with Crippen LogP contribution in [0.1, 0.15) is 0 Å². The molecule has 0 saturated carbocycles. The minimum absolute atomic E-state index is 0. The van der Waals surface area contributed by atoms with E-state index in [4.69, 9.17) is 11.7 Å². The Morgan fingerprint density at radius 3 is 1.26 bits per heavy atom. The number of carbonyl (C=O) groups is 4. The highest BCUT2D eigenvalue weighted by atomic mass is 35.5. The van der Waals surface area contributed by atoms with Crippen LogP contribution in [-0.4, -0.2) is 23.4 Å². The predicted octanol–water partition coefficient (Wildman–Crippen LogP) is -1.69. The van der Waals surface area contributed by atoms with Crippen molar-refractivity contribution >= 4 is 48.2 Å². The van der Waals surface area contributed by atoms with Crippen LogP contribution in [0.5, 0.6) is 0 Å². The van der Waals surface area contributed by atoms with Crippen molar-refractivity contribution in [1.82, 2.24) is 10.9 Å². The number of nitrogens with one attached hydrogen (secondary N) is 2. The van der Waals surface area contributed by atoms with Crippen molar-refractivity contribution in [2.24, 2.45) is 17.1 Å². The molecule has 0 aromatic carbocycles.